The summed E-state index contributed by atoms with van der Waals surface area (Å²) in [4.78, 5) is 23.7. The van der Waals surface area contributed by atoms with Crippen molar-refractivity contribution in [3.63, 3.8) is 0 Å². The summed E-state index contributed by atoms with van der Waals surface area (Å²) in [5.41, 5.74) is 2.30. The second kappa shape index (κ2) is 8.31. The van der Waals surface area contributed by atoms with E-state index in [-0.39, 0.29) is 6.61 Å². The zero-order chi connectivity index (χ0) is 19.6. The molecule has 0 N–H and O–H groups in total. The Labute approximate surface area is 175 Å². The van der Waals surface area contributed by atoms with E-state index in [1.54, 1.807) is 25.1 Å². The highest BCUT2D eigenvalue weighted by Gasteiger charge is 2.18. The van der Waals surface area contributed by atoms with E-state index in [1.165, 1.54) is 6.92 Å². The molecule has 2 aromatic carbocycles. The molecule has 0 amide bonds. The highest BCUT2D eigenvalue weighted by Crippen LogP contribution is 2.27. The largest absolute Gasteiger partial charge is 0.461 e. The van der Waals surface area contributed by atoms with Crippen molar-refractivity contribution < 1.29 is 19.1 Å². The second-order valence-electron chi connectivity index (χ2n) is 5.90. The van der Waals surface area contributed by atoms with Gasteiger partial charge < -0.3 is 14.0 Å². The highest BCUT2D eigenvalue weighted by atomic mass is 127. The molecule has 0 radical (unpaired) electrons. The zero-order valence-corrected chi connectivity index (χ0v) is 17.7. The van der Waals surface area contributed by atoms with Crippen molar-refractivity contribution in [1.82, 2.24) is 4.57 Å². The highest BCUT2D eigenvalue weighted by molar-refractivity contribution is 14.1. The molecule has 5 nitrogen and oxygen atoms in total. The Morgan fingerprint density at radius 1 is 1.15 bits per heavy atom. The fourth-order valence-electron chi connectivity index (χ4n) is 2.84. The number of hydrogen-bond acceptors (Lipinski definition) is 4. The van der Waals surface area contributed by atoms with E-state index < -0.39 is 11.9 Å². The van der Waals surface area contributed by atoms with Gasteiger partial charge in [-0.05, 0) is 71.5 Å². The molecule has 0 aliphatic carbocycles. The van der Waals surface area contributed by atoms with Gasteiger partial charge in [-0.3, -0.25) is 4.79 Å². The number of ether oxygens (including phenoxy) is 2. The first-order valence-electron chi connectivity index (χ1n) is 8.31. The molecule has 27 heavy (non-hydrogen) atoms. The Morgan fingerprint density at radius 3 is 2.59 bits per heavy atom. The van der Waals surface area contributed by atoms with Crippen LogP contribution in [-0.2, 0) is 16.1 Å². The van der Waals surface area contributed by atoms with E-state index in [0.717, 1.165) is 20.0 Å². The zero-order valence-electron chi connectivity index (χ0n) is 14.8. The number of rotatable bonds is 5. The van der Waals surface area contributed by atoms with Crippen molar-refractivity contribution >= 4 is 57.0 Å². The molecule has 0 saturated carbocycles. The average molecular weight is 498 g/mol. The van der Waals surface area contributed by atoms with Crippen LogP contribution in [0.15, 0.2) is 42.5 Å². The molecular formula is C20H17ClINO4. The Balaban J connectivity index is 2.08. The van der Waals surface area contributed by atoms with Crippen LogP contribution >= 0.6 is 34.2 Å². The summed E-state index contributed by atoms with van der Waals surface area (Å²) in [7, 11) is 0. The van der Waals surface area contributed by atoms with Gasteiger partial charge in [-0.15, -0.1) is 0 Å². The molecule has 0 fully saturated rings. The van der Waals surface area contributed by atoms with E-state index in [0.29, 0.717) is 23.0 Å². The molecule has 0 aliphatic heterocycles. The van der Waals surface area contributed by atoms with Gasteiger partial charge in [-0.2, -0.15) is 0 Å². The maximum Gasteiger partial charge on any atom is 0.354 e. The molecule has 0 unspecified atom stereocenters. The number of nitrogens with zero attached hydrogens (tertiary/aromatic N) is 1. The van der Waals surface area contributed by atoms with Gasteiger partial charge >= 0.3 is 11.9 Å². The molecule has 7 heteroatoms. The SMILES string of the molecule is CCOC(=O)c1cc2cc(OC(C)=O)ccc2n1Cc1ccc(Cl)c(I)c1. The number of hydrogen-bond donors (Lipinski definition) is 0. The lowest BCUT2D eigenvalue weighted by Crippen LogP contribution is -2.13. The lowest BCUT2D eigenvalue weighted by Gasteiger charge is -2.11. The van der Waals surface area contributed by atoms with Crippen molar-refractivity contribution in [2.45, 2.75) is 20.4 Å². The van der Waals surface area contributed by atoms with Crippen LogP contribution in [0, 0.1) is 3.57 Å². The molecular weight excluding hydrogens is 481 g/mol. The Morgan fingerprint density at radius 2 is 1.93 bits per heavy atom. The van der Waals surface area contributed by atoms with Crippen LogP contribution in [0.1, 0.15) is 29.9 Å². The standard InChI is InChI=1S/C20H17ClINO4/c1-3-26-20(25)19-10-14-9-15(27-12(2)24)5-7-18(14)23(19)11-13-4-6-16(21)17(22)8-13/h4-10H,3,11H2,1-2H3. The lowest BCUT2D eigenvalue weighted by atomic mass is 10.2. The van der Waals surface area contributed by atoms with Crippen molar-refractivity contribution in [2.24, 2.45) is 0 Å². The van der Waals surface area contributed by atoms with Gasteiger partial charge in [0.2, 0.25) is 0 Å². The van der Waals surface area contributed by atoms with Crippen LogP contribution in [0.5, 0.6) is 5.75 Å². The van der Waals surface area contributed by atoms with Gasteiger partial charge in [-0.25, -0.2) is 4.79 Å². The molecule has 3 rings (SSSR count). The number of benzene rings is 2. The van der Waals surface area contributed by atoms with Crippen LogP contribution < -0.4 is 4.74 Å². The number of halogens is 2. The van der Waals surface area contributed by atoms with Crippen LogP contribution in [0.2, 0.25) is 5.02 Å². The molecule has 0 spiro atoms. The normalized spacial score (nSPS) is 10.8. The molecule has 0 aliphatic rings. The van der Waals surface area contributed by atoms with Gasteiger partial charge in [0, 0.05) is 27.9 Å². The van der Waals surface area contributed by atoms with Crippen LogP contribution in [-0.4, -0.2) is 23.1 Å². The quantitative estimate of drug-likeness (QED) is 0.281. The van der Waals surface area contributed by atoms with Gasteiger partial charge in [0.1, 0.15) is 11.4 Å². The van der Waals surface area contributed by atoms with Gasteiger partial charge in [0.25, 0.3) is 0 Å². The van der Waals surface area contributed by atoms with Crippen molar-refractivity contribution in [3.8, 4) is 5.75 Å². The van der Waals surface area contributed by atoms with Crippen molar-refractivity contribution in [2.75, 3.05) is 6.61 Å². The summed E-state index contributed by atoms with van der Waals surface area (Å²) >= 11 is 8.29. The maximum atomic E-state index is 12.5. The third-order valence-corrected chi connectivity index (χ3v) is 5.48. The fraction of sp³-hybridized carbons (Fsp3) is 0.200. The van der Waals surface area contributed by atoms with E-state index >= 15 is 0 Å². The first kappa shape index (κ1) is 19.7. The molecule has 3 aromatic rings. The first-order valence-corrected chi connectivity index (χ1v) is 9.77. The van der Waals surface area contributed by atoms with Gasteiger partial charge in [0.05, 0.1) is 11.6 Å². The van der Waals surface area contributed by atoms with Crippen LogP contribution in [0.3, 0.4) is 0 Å². The first-order chi connectivity index (χ1) is 12.9. The lowest BCUT2D eigenvalue weighted by molar-refractivity contribution is -0.131. The smallest absolute Gasteiger partial charge is 0.354 e. The Hall–Kier alpha value is -2.06. The predicted molar refractivity (Wildman–Crippen MR) is 112 cm³/mol. The van der Waals surface area contributed by atoms with Crippen molar-refractivity contribution in [1.29, 1.82) is 0 Å². The predicted octanol–water partition coefficient (Wildman–Crippen LogP) is 5.05. The number of fused-ring (bicyclic) bond motifs is 1. The molecule has 0 bridgehead atoms. The summed E-state index contributed by atoms with van der Waals surface area (Å²) in [6, 6.07) is 12.8. The molecule has 140 valence electrons. The van der Waals surface area contributed by atoms with E-state index in [2.05, 4.69) is 22.6 Å². The summed E-state index contributed by atoms with van der Waals surface area (Å²) in [6.07, 6.45) is 0. The minimum Gasteiger partial charge on any atom is -0.461 e. The summed E-state index contributed by atoms with van der Waals surface area (Å²) in [5, 5.41) is 1.48. The molecule has 0 saturated heterocycles. The maximum absolute atomic E-state index is 12.5. The molecule has 1 heterocycles. The average Bonchev–Trinajstić information content (AvgIpc) is 2.96. The number of aromatic nitrogens is 1. The minimum atomic E-state index is -0.397. The van der Waals surface area contributed by atoms with E-state index in [1.807, 2.05) is 28.8 Å². The fourth-order valence-corrected chi connectivity index (χ4v) is 3.54. The minimum absolute atomic E-state index is 0.290. The topological polar surface area (TPSA) is 57.5 Å². The van der Waals surface area contributed by atoms with Crippen LogP contribution in [0.25, 0.3) is 10.9 Å². The monoisotopic (exact) mass is 497 g/mol. The van der Waals surface area contributed by atoms with Crippen molar-refractivity contribution in [3.05, 3.63) is 62.3 Å². The Bertz CT molecular complexity index is 1030. The summed E-state index contributed by atoms with van der Waals surface area (Å²) in [6.45, 7) is 3.89. The summed E-state index contributed by atoms with van der Waals surface area (Å²) in [5.74, 6) is -0.356. The van der Waals surface area contributed by atoms with Crippen LogP contribution in [0.4, 0.5) is 0 Å². The third kappa shape index (κ3) is 4.44. The number of esters is 2. The third-order valence-electron chi connectivity index (χ3n) is 3.94. The second-order valence-corrected chi connectivity index (χ2v) is 7.47. The molecule has 0 atom stereocenters. The number of carbonyl (C=O) groups excluding carboxylic acids is 2. The number of carbonyl (C=O) groups is 2. The van der Waals surface area contributed by atoms with E-state index in [9.17, 15) is 9.59 Å². The summed E-state index contributed by atoms with van der Waals surface area (Å²) < 4.78 is 13.2. The molecule has 1 aromatic heterocycles. The van der Waals surface area contributed by atoms with E-state index in [4.69, 9.17) is 21.1 Å². The Kier molecular flexibility index (Phi) is 6.06. The van der Waals surface area contributed by atoms with Gasteiger partial charge in [-0.1, -0.05) is 17.7 Å². The van der Waals surface area contributed by atoms with Gasteiger partial charge in [0.15, 0.2) is 0 Å².